The molecule has 0 amide bonds. The molecule has 0 aliphatic rings. The summed E-state index contributed by atoms with van der Waals surface area (Å²) in [7, 11) is 0. The highest BCUT2D eigenvalue weighted by atomic mass is 35.5. The normalized spacial score (nSPS) is 9.81. The molecule has 0 fully saturated rings. The van der Waals surface area contributed by atoms with Gasteiger partial charge in [-0.05, 0) is 6.42 Å². The Kier molecular flexibility index (Phi) is 4.59. The molecule has 0 aliphatic carbocycles. The van der Waals surface area contributed by atoms with E-state index in [0.29, 0.717) is 11.7 Å². The SMILES string of the molecule is C#CCN(CCC)c1nc(Cl)c(C(=O)O)s1. The summed E-state index contributed by atoms with van der Waals surface area (Å²) in [6.45, 7) is 3.14. The Hall–Kier alpha value is -1.25. The molecule has 4 nitrogen and oxygen atoms in total. The van der Waals surface area contributed by atoms with Crippen LogP contribution >= 0.6 is 22.9 Å². The van der Waals surface area contributed by atoms with Crippen molar-refractivity contribution in [3.05, 3.63) is 10.0 Å². The number of nitrogens with zero attached hydrogens (tertiary/aromatic N) is 2. The van der Waals surface area contributed by atoms with E-state index in [0.717, 1.165) is 24.3 Å². The molecule has 0 spiro atoms. The van der Waals surface area contributed by atoms with E-state index in [9.17, 15) is 4.79 Å². The number of carboxylic acids is 1. The van der Waals surface area contributed by atoms with Crippen LogP contribution in [-0.2, 0) is 0 Å². The summed E-state index contributed by atoms with van der Waals surface area (Å²) < 4.78 is 0. The van der Waals surface area contributed by atoms with E-state index in [1.165, 1.54) is 0 Å². The minimum atomic E-state index is -1.06. The third-order valence-corrected chi connectivity index (χ3v) is 3.30. The van der Waals surface area contributed by atoms with E-state index in [4.69, 9.17) is 23.1 Å². The van der Waals surface area contributed by atoms with Gasteiger partial charge in [-0.15, -0.1) is 6.42 Å². The van der Waals surface area contributed by atoms with Gasteiger partial charge in [-0.2, -0.15) is 0 Å². The molecular weight excluding hydrogens is 248 g/mol. The van der Waals surface area contributed by atoms with Gasteiger partial charge < -0.3 is 10.0 Å². The second-order valence-corrected chi connectivity index (χ2v) is 4.38. The number of rotatable bonds is 5. The first-order chi connectivity index (χ1) is 7.60. The van der Waals surface area contributed by atoms with E-state index in [2.05, 4.69) is 10.9 Å². The number of hydrogen-bond acceptors (Lipinski definition) is 4. The van der Waals surface area contributed by atoms with Crippen LogP contribution in [0.4, 0.5) is 5.13 Å². The van der Waals surface area contributed by atoms with Gasteiger partial charge >= 0.3 is 5.97 Å². The predicted molar refractivity (Wildman–Crippen MR) is 65.4 cm³/mol. The Morgan fingerprint density at radius 3 is 2.88 bits per heavy atom. The number of thiazole rings is 1. The van der Waals surface area contributed by atoms with Crippen LogP contribution in [0.3, 0.4) is 0 Å². The molecule has 6 heteroatoms. The lowest BCUT2D eigenvalue weighted by Crippen LogP contribution is -2.23. The van der Waals surface area contributed by atoms with Crippen molar-refractivity contribution in [1.82, 2.24) is 4.98 Å². The van der Waals surface area contributed by atoms with Crippen LogP contribution in [0.25, 0.3) is 0 Å². The number of halogens is 1. The summed E-state index contributed by atoms with van der Waals surface area (Å²) in [4.78, 5) is 16.7. The number of anilines is 1. The summed E-state index contributed by atoms with van der Waals surface area (Å²) in [5.74, 6) is 1.45. The molecule has 0 saturated carbocycles. The first-order valence-electron chi connectivity index (χ1n) is 4.68. The second-order valence-electron chi connectivity index (χ2n) is 3.05. The largest absolute Gasteiger partial charge is 0.477 e. The number of hydrogen-bond donors (Lipinski definition) is 1. The molecule has 86 valence electrons. The average Bonchev–Trinajstić information content (AvgIpc) is 2.60. The third-order valence-electron chi connectivity index (χ3n) is 1.81. The van der Waals surface area contributed by atoms with Gasteiger partial charge in [-0.1, -0.05) is 35.8 Å². The van der Waals surface area contributed by atoms with Crippen LogP contribution in [0, 0.1) is 12.3 Å². The molecular formula is C10H11ClN2O2S. The molecule has 1 aromatic heterocycles. The minimum absolute atomic E-state index is 0.0191. The fourth-order valence-corrected chi connectivity index (χ4v) is 2.33. The van der Waals surface area contributed by atoms with Gasteiger partial charge in [0.05, 0.1) is 6.54 Å². The molecule has 16 heavy (non-hydrogen) atoms. The zero-order valence-electron chi connectivity index (χ0n) is 8.73. The highest BCUT2D eigenvalue weighted by Gasteiger charge is 2.18. The Balaban J connectivity index is 2.97. The van der Waals surface area contributed by atoms with Gasteiger partial charge in [0.15, 0.2) is 15.2 Å². The molecule has 0 aliphatic heterocycles. The van der Waals surface area contributed by atoms with Gasteiger partial charge in [0.1, 0.15) is 0 Å². The summed E-state index contributed by atoms with van der Waals surface area (Å²) in [6, 6.07) is 0. The van der Waals surface area contributed by atoms with Crippen LogP contribution < -0.4 is 4.90 Å². The molecule has 0 aromatic carbocycles. The Morgan fingerprint density at radius 1 is 1.75 bits per heavy atom. The van der Waals surface area contributed by atoms with Gasteiger partial charge in [-0.25, -0.2) is 9.78 Å². The van der Waals surface area contributed by atoms with Crippen molar-refractivity contribution >= 4 is 34.0 Å². The zero-order chi connectivity index (χ0) is 12.1. The summed E-state index contributed by atoms with van der Waals surface area (Å²) in [5, 5.41) is 9.42. The Bertz CT molecular complexity index is 425. The van der Waals surface area contributed by atoms with Crippen LogP contribution in [0.2, 0.25) is 5.15 Å². The first kappa shape index (κ1) is 12.8. The van der Waals surface area contributed by atoms with Crippen LogP contribution in [-0.4, -0.2) is 29.1 Å². The van der Waals surface area contributed by atoms with Gasteiger partial charge in [0.2, 0.25) is 0 Å². The lowest BCUT2D eigenvalue weighted by molar-refractivity contribution is 0.0702. The van der Waals surface area contributed by atoms with Crippen LogP contribution in [0.5, 0.6) is 0 Å². The van der Waals surface area contributed by atoms with E-state index >= 15 is 0 Å². The maximum atomic E-state index is 10.8. The van der Waals surface area contributed by atoms with Crippen molar-refractivity contribution in [2.75, 3.05) is 18.0 Å². The van der Waals surface area contributed by atoms with E-state index in [1.54, 1.807) is 0 Å². The van der Waals surface area contributed by atoms with Crippen molar-refractivity contribution in [2.24, 2.45) is 0 Å². The maximum absolute atomic E-state index is 10.8. The van der Waals surface area contributed by atoms with Crippen LogP contribution in [0.1, 0.15) is 23.0 Å². The van der Waals surface area contributed by atoms with Crippen molar-refractivity contribution < 1.29 is 9.90 Å². The monoisotopic (exact) mass is 258 g/mol. The minimum Gasteiger partial charge on any atom is -0.477 e. The summed E-state index contributed by atoms with van der Waals surface area (Å²) in [6.07, 6.45) is 6.14. The van der Waals surface area contributed by atoms with Crippen molar-refractivity contribution in [2.45, 2.75) is 13.3 Å². The van der Waals surface area contributed by atoms with Crippen LogP contribution in [0.15, 0.2) is 0 Å². The predicted octanol–water partition coefficient (Wildman–Crippen LogP) is 2.34. The standard InChI is InChI=1S/C10H11ClN2O2S/c1-3-5-13(6-4-2)10-12-8(11)7(16-10)9(14)15/h1H,4-6H2,2H3,(H,14,15). The first-order valence-corrected chi connectivity index (χ1v) is 5.87. The molecule has 0 saturated heterocycles. The number of aromatic nitrogens is 1. The lowest BCUT2D eigenvalue weighted by atomic mass is 10.4. The fourth-order valence-electron chi connectivity index (χ4n) is 1.18. The number of carboxylic acid groups (broad SMARTS) is 1. The molecule has 1 heterocycles. The highest BCUT2D eigenvalue weighted by Crippen LogP contribution is 2.29. The topological polar surface area (TPSA) is 53.4 Å². The molecule has 0 unspecified atom stereocenters. The molecule has 1 aromatic rings. The maximum Gasteiger partial charge on any atom is 0.349 e. The Labute approximate surface area is 103 Å². The van der Waals surface area contributed by atoms with E-state index in [1.807, 2.05) is 11.8 Å². The Morgan fingerprint density at radius 2 is 2.44 bits per heavy atom. The van der Waals surface area contributed by atoms with E-state index in [-0.39, 0.29) is 10.0 Å². The molecule has 1 N–H and O–H groups in total. The molecule has 0 radical (unpaired) electrons. The fraction of sp³-hybridized carbons (Fsp3) is 0.400. The lowest BCUT2D eigenvalue weighted by Gasteiger charge is -2.17. The summed E-state index contributed by atoms with van der Waals surface area (Å²) >= 11 is 6.77. The molecule has 1 rings (SSSR count). The van der Waals surface area contributed by atoms with Crippen molar-refractivity contribution in [3.8, 4) is 12.3 Å². The average molecular weight is 259 g/mol. The second kappa shape index (κ2) is 5.73. The van der Waals surface area contributed by atoms with Gasteiger partial charge in [0, 0.05) is 6.54 Å². The number of terminal acetylenes is 1. The smallest absolute Gasteiger partial charge is 0.349 e. The zero-order valence-corrected chi connectivity index (χ0v) is 10.3. The van der Waals surface area contributed by atoms with Gasteiger partial charge in [-0.3, -0.25) is 0 Å². The van der Waals surface area contributed by atoms with Gasteiger partial charge in [0.25, 0.3) is 0 Å². The third kappa shape index (κ3) is 2.87. The quantitative estimate of drug-likeness (QED) is 0.824. The van der Waals surface area contributed by atoms with Crippen molar-refractivity contribution in [1.29, 1.82) is 0 Å². The number of aromatic carboxylic acids is 1. The number of carbonyl (C=O) groups is 1. The molecule has 0 atom stereocenters. The van der Waals surface area contributed by atoms with E-state index < -0.39 is 5.97 Å². The molecule has 0 bridgehead atoms. The van der Waals surface area contributed by atoms with Crippen molar-refractivity contribution in [3.63, 3.8) is 0 Å². The highest BCUT2D eigenvalue weighted by molar-refractivity contribution is 7.18. The summed E-state index contributed by atoms with van der Waals surface area (Å²) in [5.41, 5.74) is 0.